The molecule has 0 aliphatic carbocycles. The van der Waals surface area contributed by atoms with Gasteiger partial charge in [-0.05, 0) is 0 Å². The number of aromatic carboxylic acids is 1. The number of carbonyl (C=O) groups is 1. The van der Waals surface area contributed by atoms with Crippen molar-refractivity contribution in [3.05, 3.63) is 23.3 Å². The van der Waals surface area contributed by atoms with Crippen LogP contribution in [0.25, 0.3) is 0 Å². The van der Waals surface area contributed by atoms with E-state index in [1.54, 1.807) is 0 Å². The van der Waals surface area contributed by atoms with Gasteiger partial charge in [-0.15, -0.1) is 0 Å². The van der Waals surface area contributed by atoms with Gasteiger partial charge in [0, 0.05) is 6.20 Å². The number of carboxylic acid groups (broad SMARTS) is 1. The largest absolute Gasteiger partial charge is 0.495 e. The van der Waals surface area contributed by atoms with Crippen molar-refractivity contribution < 1.29 is 27.8 Å². The van der Waals surface area contributed by atoms with Crippen LogP contribution in [0, 0.1) is 5.95 Å². The van der Waals surface area contributed by atoms with Crippen LogP contribution < -0.4 is 4.74 Å². The first-order valence-electron chi connectivity index (χ1n) is 3.72. The summed E-state index contributed by atoms with van der Waals surface area (Å²) < 4.78 is 42.1. The van der Waals surface area contributed by atoms with Crippen molar-refractivity contribution in [3.8, 4) is 5.75 Å². The predicted octanol–water partition coefficient (Wildman–Crippen LogP) is 1.87. The number of alkyl halides is 2. The molecule has 1 N–H and O–H groups in total. The number of carboxylic acids is 1. The maximum Gasteiger partial charge on any atom is 0.344 e. The van der Waals surface area contributed by atoms with Gasteiger partial charge in [0.1, 0.15) is 5.75 Å². The van der Waals surface area contributed by atoms with Gasteiger partial charge in [-0.3, -0.25) is 0 Å². The summed E-state index contributed by atoms with van der Waals surface area (Å²) in [4.78, 5) is 13.5. The molecule has 0 radical (unpaired) electrons. The molecule has 0 aliphatic heterocycles. The normalized spacial score (nSPS) is 10.5. The van der Waals surface area contributed by atoms with Gasteiger partial charge in [-0.25, -0.2) is 18.6 Å². The van der Waals surface area contributed by atoms with Crippen molar-refractivity contribution in [1.29, 1.82) is 0 Å². The average molecular weight is 221 g/mol. The number of pyridine rings is 1. The third kappa shape index (κ3) is 2.00. The Kier molecular flexibility index (Phi) is 3.13. The number of halogens is 3. The minimum atomic E-state index is -2.98. The topological polar surface area (TPSA) is 59.4 Å². The van der Waals surface area contributed by atoms with E-state index in [2.05, 4.69) is 9.72 Å². The molecule has 0 bridgehead atoms. The lowest BCUT2D eigenvalue weighted by atomic mass is 10.1. The molecule has 4 nitrogen and oxygen atoms in total. The van der Waals surface area contributed by atoms with Crippen molar-refractivity contribution in [1.82, 2.24) is 4.98 Å². The molecule has 82 valence electrons. The van der Waals surface area contributed by atoms with E-state index in [1.807, 2.05) is 0 Å². The number of ether oxygens (including phenoxy) is 1. The molecule has 1 heterocycles. The van der Waals surface area contributed by atoms with Crippen molar-refractivity contribution in [3.63, 3.8) is 0 Å². The van der Waals surface area contributed by atoms with E-state index in [1.165, 1.54) is 0 Å². The number of methoxy groups -OCH3 is 1. The van der Waals surface area contributed by atoms with Crippen LogP contribution >= 0.6 is 0 Å². The van der Waals surface area contributed by atoms with Gasteiger partial charge in [-0.1, -0.05) is 0 Å². The SMILES string of the molecule is COc1c(C(F)F)cnc(F)c1C(=O)O. The quantitative estimate of drug-likeness (QED) is 0.791. The molecule has 7 heteroatoms. The highest BCUT2D eigenvalue weighted by Gasteiger charge is 2.25. The van der Waals surface area contributed by atoms with Gasteiger partial charge in [0.25, 0.3) is 6.43 Å². The summed E-state index contributed by atoms with van der Waals surface area (Å²) in [6.45, 7) is 0. The average Bonchev–Trinajstić information content (AvgIpc) is 2.15. The summed E-state index contributed by atoms with van der Waals surface area (Å²) in [5, 5.41) is 8.58. The third-order valence-electron chi connectivity index (χ3n) is 1.67. The molecule has 1 aromatic rings. The van der Waals surface area contributed by atoms with Crippen LogP contribution in [0.5, 0.6) is 5.75 Å². The molecule has 0 atom stereocenters. The first kappa shape index (κ1) is 11.3. The second-order valence-electron chi connectivity index (χ2n) is 2.52. The Hall–Kier alpha value is -1.79. The van der Waals surface area contributed by atoms with Gasteiger partial charge in [0.2, 0.25) is 5.95 Å². The zero-order valence-corrected chi connectivity index (χ0v) is 7.50. The van der Waals surface area contributed by atoms with Crippen LogP contribution in [0.4, 0.5) is 13.2 Å². The Morgan fingerprint density at radius 2 is 2.20 bits per heavy atom. The van der Waals surface area contributed by atoms with Crippen molar-refractivity contribution in [2.45, 2.75) is 6.43 Å². The maximum absolute atomic E-state index is 12.9. The van der Waals surface area contributed by atoms with Gasteiger partial charge in [0.05, 0.1) is 12.7 Å². The molecular weight excluding hydrogens is 215 g/mol. The second kappa shape index (κ2) is 4.16. The predicted molar refractivity (Wildman–Crippen MR) is 42.7 cm³/mol. The van der Waals surface area contributed by atoms with E-state index in [0.717, 1.165) is 7.11 Å². The summed E-state index contributed by atoms with van der Waals surface area (Å²) in [6, 6.07) is 0. The Balaban J connectivity index is 3.47. The number of rotatable bonds is 3. The van der Waals surface area contributed by atoms with Gasteiger partial charge >= 0.3 is 5.97 Å². The molecular formula is C8H6F3NO3. The van der Waals surface area contributed by atoms with E-state index in [4.69, 9.17) is 5.11 Å². The minimum Gasteiger partial charge on any atom is -0.495 e. The molecule has 1 aromatic heterocycles. The summed E-state index contributed by atoms with van der Waals surface area (Å²) >= 11 is 0. The molecule has 0 aromatic carbocycles. The van der Waals surface area contributed by atoms with Crippen LogP contribution in [0.1, 0.15) is 22.3 Å². The van der Waals surface area contributed by atoms with Crippen LogP contribution in [-0.4, -0.2) is 23.2 Å². The fraction of sp³-hybridized carbons (Fsp3) is 0.250. The van der Waals surface area contributed by atoms with Crippen LogP contribution in [-0.2, 0) is 0 Å². The minimum absolute atomic E-state index is 0.547. The Bertz CT molecular complexity index is 395. The maximum atomic E-state index is 12.9. The Labute approximate surface area is 82.3 Å². The van der Waals surface area contributed by atoms with E-state index in [0.29, 0.717) is 6.20 Å². The highest BCUT2D eigenvalue weighted by Crippen LogP contribution is 2.32. The number of nitrogens with zero attached hydrogens (tertiary/aromatic N) is 1. The fourth-order valence-corrected chi connectivity index (χ4v) is 1.05. The lowest BCUT2D eigenvalue weighted by Gasteiger charge is -2.10. The van der Waals surface area contributed by atoms with Gasteiger partial charge in [-0.2, -0.15) is 4.39 Å². The highest BCUT2D eigenvalue weighted by molar-refractivity contribution is 5.91. The van der Waals surface area contributed by atoms with Crippen LogP contribution in [0.3, 0.4) is 0 Å². The number of aromatic nitrogens is 1. The lowest BCUT2D eigenvalue weighted by molar-refractivity contribution is 0.0685. The van der Waals surface area contributed by atoms with E-state index >= 15 is 0 Å². The van der Waals surface area contributed by atoms with Crippen molar-refractivity contribution in [2.24, 2.45) is 0 Å². The molecule has 1 rings (SSSR count). The molecule has 0 amide bonds. The van der Waals surface area contributed by atoms with Crippen LogP contribution in [0.2, 0.25) is 0 Å². The molecule has 0 saturated carbocycles. The highest BCUT2D eigenvalue weighted by atomic mass is 19.3. The fourth-order valence-electron chi connectivity index (χ4n) is 1.05. The Morgan fingerprint density at radius 3 is 2.60 bits per heavy atom. The first-order valence-corrected chi connectivity index (χ1v) is 3.72. The number of hydrogen-bond donors (Lipinski definition) is 1. The summed E-state index contributed by atoms with van der Waals surface area (Å²) in [5.41, 5.74) is -1.74. The van der Waals surface area contributed by atoms with Gasteiger partial charge in [0.15, 0.2) is 5.56 Å². The zero-order chi connectivity index (χ0) is 11.6. The molecule has 0 saturated heterocycles. The standard InChI is InChI=1S/C8H6F3NO3/c1-15-5-3(6(9)10)2-12-7(11)4(5)8(13)14/h2,6H,1H3,(H,13,14). The van der Waals surface area contributed by atoms with E-state index < -0.39 is 35.2 Å². The van der Waals surface area contributed by atoms with E-state index in [-0.39, 0.29) is 0 Å². The summed E-state index contributed by atoms with van der Waals surface area (Å²) in [6.07, 6.45) is -2.43. The Morgan fingerprint density at radius 1 is 1.60 bits per heavy atom. The third-order valence-corrected chi connectivity index (χ3v) is 1.67. The van der Waals surface area contributed by atoms with Crippen molar-refractivity contribution in [2.75, 3.05) is 7.11 Å². The molecule has 0 aliphatic rings. The van der Waals surface area contributed by atoms with E-state index in [9.17, 15) is 18.0 Å². The monoisotopic (exact) mass is 221 g/mol. The second-order valence-corrected chi connectivity index (χ2v) is 2.52. The molecule has 0 spiro atoms. The first-order chi connectivity index (χ1) is 6.99. The van der Waals surface area contributed by atoms with Gasteiger partial charge < -0.3 is 9.84 Å². The lowest BCUT2D eigenvalue weighted by Crippen LogP contribution is -2.08. The van der Waals surface area contributed by atoms with Crippen LogP contribution in [0.15, 0.2) is 6.20 Å². The molecule has 15 heavy (non-hydrogen) atoms. The van der Waals surface area contributed by atoms with Crippen molar-refractivity contribution >= 4 is 5.97 Å². The summed E-state index contributed by atoms with van der Waals surface area (Å²) in [5.74, 6) is -3.77. The molecule has 0 unspecified atom stereocenters. The number of hydrogen-bond acceptors (Lipinski definition) is 3. The smallest absolute Gasteiger partial charge is 0.344 e. The zero-order valence-electron chi connectivity index (χ0n) is 7.50. The summed E-state index contributed by atoms with van der Waals surface area (Å²) in [7, 11) is 0.979. The molecule has 0 fully saturated rings.